The molecule has 0 aliphatic heterocycles. The van der Waals surface area contributed by atoms with Crippen molar-refractivity contribution in [3.63, 3.8) is 0 Å². The van der Waals surface area contributed by atoms with Gasteiger partial charge < -0.3 is 14.8 Å². The van der Waals surface area contributed by atoms with Gasteiger partial charge in [0, 0.05) is 11.1 Å². The molecule has 7 nitrogen and oxygen atoms in total. The van der Waals surface area contributed by atoms with Crippen LogP contribution >= 0.6 is 23.4 Å². The van der Waals surface area contributed by atoms with E-state index in [0.29, 0.717) is 36.1 Å². The van der Waals surface area contributed by atoms with E-state index in [1.165, 1.54) is 0 Å². The molecule has 0 atom stereocenters. The van der Waals surface area contributed by atoms with Crippen molar-refractivity contribution in [3.8, 4) is 34.0 Å². The number of amides is 1. The summed E-state index contributed by atoms with van der Waals surface area (Å²) < 4.78 is 50.2. The van der Waals surface area contributed by atoms with Crippen LogP contribution in [0.4, 0.5) is 18.9 Å². The Morgan fingerprint density at radius 3 is 2.00 bits per heavy atom. The molecule has 12 heteroatoms. The fourth-order valence-electron chi connectivity index (χ4n) is 3.63. The highest BCUT2D eigenvalue weighted by molar-refractivity contribution is 7.99. The molecule has 1 aromatic heterocycles. The summed E-state index contributed by atoms with van der Waals surface area (Å²) in [4.78, 5) is 17.2. The molecule has 4 aromatic rings. The molecule has 3 aromatic carbocycles. The molecule has 0 saturated carbocycles. The summed E-state index contributed by atoms with van der Waals surface area (Å²) in [6, 6.07) is 17.4. The molecule has 1 amide bonds. The Hall–Kier alpha value is -3.83. The van der Waals surface area contributed by atoms with Crippen molar-refractivity contribution in [2.24, 2.45) is 0 Å². The standard InChI is InChI=1S/C28H24ClF3N4O3S/c1-3-38-20-10-5-17(6-11-20)25-26(18-7-12-21(13-8-18)39-4-2)35-36-27(34-25)40-16-24(37)33-23-15-19(28(30,31)32)9-14-22(23)29/h5-15H,3-4,16H2,1-2H3,(H,33,37). The van der Waals surface area contributed by atoms with Gasteiger partial charge in [0.05, 0.1) is 35.2 Å². The molecule has 0 aliphatic carbocycles. The molecule has 208 valence electrons. The van der Waals surface area contributed by atoms with Crippen LogP contribution in [0.3, 0.4) is 0 Å². The first kappa shape index (κ1) is 29.2. The van der Waals surface area contributed by atoms with Crippen molar-refractivity contribution in [1.82, 2.24) is 15.2 Å². The second-order valence-electron chi connectivity index (χ2n) is 8.24. The van der Waals surface area contributed by atoms with Gasteiger partial charge in [0.2, 0.25) is 11.1 Å². The summed E-state index contributed by atoms with van der Waals surface area (Å²) in [5, 5.41) is 11.2. The van der Waals surface area contributed by atoms with Gasteiger partial charge in [-0.1, -0.05) is 23.4 Å². The third-order valence-electron chi connectivity index (χ3n) is 5.44. The monoisotopic (exact) mass is 588 g/mol. The lowest BCUT2D eigenvalue weighted by atomic mass is 10.0. The van der Waals surface area contributed by atoms with Gasteiger partial charge in [-0.05, 0) is 80.6 Å². The number of aromatic nitrogens is 3. The number of thioether (sulfide) groups is 1. The lowest BCUT2D eigenvalue weighted by Crippen LogP contribution is -2.16. The van der Waals surface area contributed by atoms with Crippen molar-refractivity contribution in [1.29, 1.82) is 0 Å². The van der Waals surface area contributed by atoms with Crippen LogP contribution in [0.15, 0.2) is 71.9 Å². The number of benzene rings is 3. The van der Waals surface area contributed by atoms with Crippen molar-refractivity contribution in [2.75, 3.05) is 24.3 Å². The summed E-state index contributed by atoms with van der Waals surface area (Å²) >= 11 is 6.98. The van der Waals surface area contributed by atoms with E-state index >= 15 is 0 Å². The molecule has 0 bridgehead atoms. The minimum atomic E-state index is -4.57. The Bertz CT molecular complexity index is 1470. The van der Waals surface area contributed by atoms with Crippen LogP contribution < -0.4 is 14.8 Å². The van der Waals surface area contributed by atoms with Crippen LogP contribution in [0.25, 0.3) is 22.5 Å². The number of anilines is 1. The number of carbonyl (C=O) groups excluding carboxylic acids is 1. The van der Waals surface area contributed by atoms with Crippen LogP contribution in [0, 0.1) is 0 Å². The van der Waals surface area contributed by atoms with Gasteiger partial charge in [-0.15, -0.1) is 10.2 Å². The van der Waals surface area contributed by atoms with E-state index in [4.69, 9.17) is 21.1 Å². The first-order valence-electron chi connectivity index (χ1n) is 12.2. The van der Waals surface area contributed by atoms with Crippen molar-refractivity contribution >= 4 is 35.0 Å². The average molecular weight is 589 g/mol. The Kier molecular flexibility index (Phi) is 9.49. The first-order valence-corrected chi connectivity index (χ1v) is 13.5. The largest absolute Gasteiger partial charge is 0.494 e. The van der Waals surface area contributed by atoms with Gasteiger partial charge >= 0.3 is 6.18 Å². The second kappa shape index (κ2) is 13.0. The zero-order valence-electron chi connectivity index (χ0n) is 21.5. The fraction of sp³-hybridized carbons (Fsp3) is 0.214. The maximum absolute atomic E-state index is 13.1. The molecule has 0 unspecified atom stereocenters. The summed E-state index contributed by atoms with van der Waals surface area (Å²) in [5.41, 5.74) is 1.52. The van der Waals surface area contributed by atoms with Gasteiger partial charge in [-0.3, -0.25) is 4.79 Å². The van der Waals surface area contributed by atoms with Crippen molar-refractivity contribution in [3.05, 3.63) is 77.3 Å². The minimum Gasteiger partial charge on any atom is -0.494 e. The molecule has 4 rings (SSSR count). The molecular formula is C28H24ClF3N4O3S. The number of nitrogens with zero attached hydrogens (tertiary/aromatic N) is 3. The van der Waals surface area contributed by atoms with Crippen molar-refractivity contribution < 1.29 is 27.4 Å². The Balaban J connectivity index is 1.57. The quantitative estimate of drug-likeness (QED) is 0.193. The number of rotatable bonds is 10. The molecule has 1 heterocycles. The Morgan fingerprint density at radius 1 is 0.875 bits per heavy atom. The van der Waals surface area contributed by atoms with Crippen LogP contribution in [0.5, 0.6) is 11.5 Å². The maximum Gasteiger partial charge on any atom is 0.416 e. The smallest absolute Gasteiger partial charge is 0.416 e. The molecule has 40 heavy (non-hydrogen) atoms. The maximum atomic E-state index is 13.1. The lowest BCUT2D eigenvalue weighted by molar-refractivity contribution is -0.137. The molecule has 0 spiro atoms. The van der Waals surface area contributed by atoms with E-state index < -0.39 is 17.6 Å². The molecule has 0 radical (unpaired) electrons. The summed E-state index contributed by atoms with van der Waals surface area (Å²) in [7, 11) is 0. The zero-order valence-corrected chi connectivity index (χ0v) is 23.0. The molecule has 1 N–H and O–H groups in total. The van der Waals surface area contributed by atoms with Gasteiger partial charge in [0.1, 0.15) is 22.9 Å². The summed E-state index contributed by atoms with van der Waals surface area (Å²) in [6.07, 6.45) is -4.57. The van der Waals surface area contributed by atoms with E-state index in [9.17, 15) is 18.0 Å². The van der Waals surface area contributed by atoms with E-state index in [2.05, 4.69) is 20.5 Å². The first-order chi connectivity index (χ1) is 19.2. The van der Waals surface area contributed by atoms with Crippen LogP contribution in [0.2, 0.25) is 5.02 Å². The Morgan fingerprint density at radius 2 is 1.45 bits per heavy atom. The molecule has 0 saturated heterocycles. The Labute approximate surface area is 238 Å². The number of alkyl halides is 3. The number of nitrogens with one attached hydrogen (secondary N) is 1. The van der Waals surface area contributed by atoms with Gasteiger partial charge in [0.15, 0.2) is 0 Å². The molecule has 0 fully saturated rings. The van der Waals surface area contributed by atoms with Crippen LogP contribution in [-0.2, 0) is 11.0 Å². The van der Waals surface area contributed by atoms with Crippen LogP contribution in [-0.4, -0.2) is 40.1 Å². The number of ether oxygens (including phenoxy) is 2. The highest BCUT2D eigenvalue weighted by Gasteiger charge is 2.31. The van der Waals surface area contributed by atoms with Crippen LogP contribution in [0.1, 0.15) is 19.4 Å². The third-order valence-corrected chi connectivity index (χ3v) is 6.61. The number of hydrogen-bond donors (Lipinski definition) is 1. The van der Waals surface area contributed by atoms with E-state index in [1.54, 1.807) is 0 Å². The molecule has 0 aliphatic rings. The second-order valence-corrected chi connectivity index (χ2v) is 9.59. The number of carbonyl (C=O) groups is 1. The predicted octanol–water partition coefficient (Wildman–Crippen LogP) is 7.41. The van der Waals surface area contributed by atoms with Gasteiger partial charge in [-0.2, -0.15) is 13.2 Å². The topological polar surface area (TPSA) is 86.2 Å². The zero-order chi connectivity index (χ0) is 28.7. The minimum absolute atomic E-state index is 0.0123. The van der Waals surface area contributed by atoms with E-state index in [0.717, 1.165) is 41.1 Å². The molecular weight excluding hydrogens is 565 g/mol. The predicted molar refractivity (Wildman–Crippen MR) is 149 cm³/mol. The normalized spacial score (nSPS) is 11.2. The lowest BCUT2D eigenvalue weighted by Gasteiger charge is -2.12. The SMILES string of the molecule is CCOc1ccc(-c2nnc(SCC(=O)Nc3cc(C(F)(F)F)ccc3Cl)nc2-c2ccc(OCC)cc2)cc1. The number of halogens is 4. The van der Waals surface area contributed by atoms with E-state index in [-0.39, 0.29) is 21.6 Å². The third kappa shape index (κ3) is 7.42. The highest BCUT2D eigenvalue weighted by atomic mass is 35.5. The average Bonchev–Trinajstić information content (AvgIpc) is 2.94. The van der Waals surface area contributed by atoms with Gasteiger partial charge in [0.25, 0.3) is 0 Å². The summed E-state index contributed by atoms with van der Waals surface area (Å²) in [6.45, 7) is 4.86. The van der Waals surface area contributed by atoms with E-state index in [1.807, 2.05) is 62.4 Å². The fourth-order valence-corrected chi connectivity index (χ4v) is 4.38. The summed E-state index contributed by atoms with van der Waals surface area (Å²) in [5.74, 6) is 0.664. The number of hydrogen-bond acceptors (Lipinski definition) is 7. The van der Waals surface area contributed by atoms with Gasteiger partial charge in [-0.25, -0.2) is 4.98 Å². The van der Waals surface area contributed by atoms with Crippen molar-refractivity contribution in [2.45, 2.75) is 25.2 Å². The highest BCUT2D eigenvalue weighted by Crippen LogP contribution is 2.35.